The van der Waals surface area contributed by atoms with Crippen LogP contribution in [0.5, 0.6) is 0 Å². The van der Waals surface area contributed by atoms with Gasteiger partial charge in [0.05, 0.1) is 11.6 Å². The molecule has 3 heteroatoms. The van der Waals surface area contributed by atoms with Crippen LogP contribution in [0.4, 0.5) is 4.39 Å². The standard InChI is InChI=1S/C17H28FNO/c1-5-12-19-16(14-10-9-11-15(18)13-14)17(6-2,7-3)20-8-4/h9-11,13,16,19H,5-8,12H2,1-4H3. The normalized spacial score (nSPS) is 13.4. The molecule has 1 rings (SSSR count). The van der Waals surface area contributed by atoms with Crippen molar-refractivity contribution in [1.29, 1.82) is 0 Å². The Labute approximate surface area is 122 Å². The molecule has 1 aromatic rings. The summed E-state index contributed by atoms with van der Waals surface area (Å²) in [6.07, 6.45) is 2.84. The molecular formula is C17H28FNO. The molecule has 2 nitrogen and oxygen atoms in total. The van der Waals surface area contributed by atoms with Crippen LogP contribution in [-0.4, -0.2) is 18.8 Å². The molecular weight excluding hydrogens is 253 g/mol. The van der Waals surface area contributed by atoms with Crippen molar-refractivity contribution in [2.45, 2.75) is 58.6 Å². The Morgan fingerprint density at radius 2 is 1.90 bits per heavy atom. The summed E-state index contributed by atoms with van der Waals surface area (Å²) in [6, 6.07) is 6.88. The summed E-state index contributed by atoms with van der Waals surface area (Å²) in [5.41, 5.74) is 0.688. The largest absolute Gasteiger partial charge is 0.373 e. The van der Waals surface area contributed by atoms with Gasteiger partial charge in [-0.05, 0) is 50.4 Å². The van der Waals surface area contributed by atoms with Gasteiger partial charge in [0.2, 0.25) is 0 Å². The summed E-state index contributed by atoms with van der Waals surface area (Å²) >= 11 is 0. The molecule has 0 aliphatic rings. The van der Waals surface area contributed by atoms with E-state index in [2.05, 4.69) is 26.1 Å². The van der Waals surface area contributed by atoms with E-state index in [1.807, 2.05) is 13.0 Å². The average molecular weight is 281 g/mol. The van der Waals surface area contributed by atoms with Crippen molar-refractivity contribution in [1.82, 2.24) is 5.32 Å². The smallest absolute Gasteiger partial charge is 0.123 e. The molecule has 20 heavy (non-hydrogen) atoms. The van der Waals surface area contributed by atoms with Crippen LogP contribution in [0.1, 0.15) is 58.6 Å². The predicted octanol–water partition coefficient (Wildman–Crippen LogP) is 4.46. The Bertz CT molecular complexity index is 390. The lowest BCUT2D eigenvalue weighted by molar-refractivity contribution is -0.0733. The van der Waals surface area contributed by atoms with Gasteiger partial charge in [-0.25, -0.2) is 4.39 Å². The fraction of sp³-hybridized carbons (Fsp3) is 0.647. The zero-order chi connectivity index (χ0) is 15.0. The minimum Gasteiger partial charge on any atom is -0.373 e. The van der Waals surface area contributed by atoms with Gasteiger partial charge in [-0.15, -0.1) is 0 Å². The fourth-order valence-corrected chi connectivity index (χ4v) is 2.82. The van der Waals surface area contributed by atoms with Crippen LogP contribution in [0.25, 0.3) is 0 Å². The van der Waals surface area contributed by atoms with Gasteiger partial charge in [-0.2, -0.15) is 0 Å². The van der Waals surface area contributed by atoms with Crippen LogP contribution in [0.2, 0.25) is 0 Å². The summed E-state index contributed by atoms with van der Waals surface area (Å²) in [4.78, 5) is 0. The van der Waals surface area contributed by atoms with E-state index < -0.39 is 0 Å². The van der Waals surface area contributed by atoms with E-state index in [-0.39, 0.29) is 17.5 Å². The second kappa shape index (κ2) is 8.38. The zero-order valence-corrected chi connectivity index (χ0v) is 13.2. The number of nitrogens with one attached hydrogen (secondary N) is 1. The second-order valence-electron chi connectivity index (χ2n) is 5.15. The molecule has 0 aromatic heterocycles. The van der Waals surface area contributed by atoms with Gasteiger partial charge >= 0.3 is 0 Å². The SMILES string of the molecule is CCCNC(c1cccc(F)c1)C(CC)(CC)OCC. The number of benzene rings is 1. The highest BCUT2D eigenvalue weighted by atomic mass is 19.1. The van der Waals surface area contributed by atoms with Crippen molar-refractivity contribution in [2.75, 3.05) is 13.2 Å². The highest BCUT2D eigenvalue weighted by Crippen LogP contribution is 2.35. The molecule has 1 unspecified atom stereocenters. The number of hydrogen-bond acceptors (Lipinski definition) is 2. The third kappa shape index (κ3) is 4.03. The van der Waals surface area contributed by atoms with Gasteiger partial charge in [0.15, 0.2) is 0 Å². The molecule has 0 saturated heterocycles. The Morgan fingerprint density at radius 1 is 1.20 bits per heavy atom. The lowest BCUT2D eigenvalue weighted by Crippen LogP contribution is -2.45. The van der Waals surface area contributed by atoms with Gasteiger partial charge in [0.25, 0.3) is 0 Å². The van der Waals surface area contributed by atoms with Crippen LogP contribution in [0, 0.1) is 5.82 Å². The maximum Gasteiger partial charge on any atom is 0.123 e. The molecule has 0 saturated carbocycles. The Hall–Kier alpha value is -0.930. The van der Waals surface area contributed by atoms with E-state index in [1.165, 1.54) is 6.07 Å². The maximum atomic E-state index is 13.6. The monoisotopic (exact) mass is 281 g/mol. The lowest BCUT2D eigenvalue weighted by Gasteiger charge is -2.40. The van der Waals surface area contributed by atoms with Gasteiger partial charge in [0.1, 0.15) is 5.82 Å². The molecule has 0 spiro atoms. The third-order valence-corrected chi connectivity index (χ3v) is 3.94. The molecule has 0 aliphatic carbocycles. The van der Waals surface area contributed by atoms with E-state index in [9.17, 15) is 4.39 Å². The van der Waals surface area contributed by atoms with Crippen molar-refractivity contribution in [3.8, 4) is 0 Å². The summed E-state index contributed by atoms with van der Waals surface area (Å²) < 4.78 is 19.7. The van der Waals surface area contributed by atoms with Crippen molar-refractivity contribution in [2.24, 2.45) is 0 Å². The van der Waals surface area contributed by atoms with Crippen molar-refractivity contribution < 1.29 is 9.13 Å². The van der Waals surface area contributed by atoms with Crippen molar-refractivity contribution >= 4 is 0 Å². The van der Waals surface area contributed by atoms with Crippen LogP contribution in [-0.2, 0) is 4.74 Å². The Kier molecular flexibility index (Phi) is 7.17. The predicted molar refractivity (Wildman–Crippen MR) is 82.4 cm³/mol. The topological polar surface area (TPSA) is 21.3 Å². The highest BCUT2D eigenvalue weighted by molar-refractivity contribution is 5.23. The van der Waals surface area contributed by atoms with Crippen LogP contribution in [0.3, 0.4) is 0 Å². The number of rotatable bonds is 9. The average Bonchev–Trinajstić information content (AvgIpc) is 2.46. The first kappa shape index (κ1) is 17.1. The number of ether oxygens (including phenoxy) is 1. The minimum atomic E-state index is -0.280. The second-order valence-corrected chi connectivity index (χ2v) is 5.15. The van der Waals surface area contributed by atoms with Crippen molar-refractivity contribution in [3.05, 3.63) is 35.6 Å². The molecule has 114 valence electrons. The quantitative estimate of drug-likeness (QED) is 0.721. The highest BCUT2D eigenvalue weighted by Gasteiger charge is 2.37. The third-order valence-electron chi connectivity index (χ3n) is 3.94. The molecule has 1 N–H and O–H groups in total. The zero-order valence-electron chi connectivity index (χ0n) is 13.2. The summed E-state index contributed by atoms with van der Waals surface area (Å²) in [7, 11) is 0. The lowest BCUT2D eigenvalue weighted by atomic mass is 9.83. The first-order valence-corrected chi connectivity index (χ1v) is 7.76. The van der Waals surface area contributed by atoms with Crippen LogP contribution < -0.4 is 5.32 Å². The van der Waals surface area contributed by atoms with Crippen molar-refractivity contribution in [3.63, 3.8) is 0 Å². The molecule has 0 amide bonds. The molecule has 0 radical (unpaired) electrons. The summed E-state index contributed by atoms with van der Waals surface area (Å²) in [5.74, 6) is -0.191. The van der Waals surface area contributed by atoms with Gasteiger partial charge in [-0.3, -0.25) is 0 Å². The maximum absolute atomic E-state index is 13.6. The minimum absolute atomic E-state index is 0.0214. The van der Waals surface area contributed by atoms with E-state index in [1.54, 1.807) is 12.1 Å². The molecule has 0 bridgehead atoms. The van der Waals surface area contributed by atoms with Gasteiger partial charge < -0.3 is 10.1 Å². The number of hydrogen-bond donors (Lipinski definition) is 1. The van der Waals surface area contributed by atoms with Crippen LogP contribution >= 0.6 is 0 Å². The van der Waals surface area contributed by atoms with E-state index in [4.69, 9.17) is 4.74 Å². The Balaban J connectivity index is 3.14. The molecule has 0 aliphatic heterocycles. The molecule has 1 aromatic carbocycles. The van der Waals surface area contributed by atoms with Gasteiger partial charge in [0, 0.05) is 6.61 Å². The van der Waals surface area contributed by atoms with E-state index in [0.717, 1.165) is 31.4 Å². The molecule has 0 heterocycles. The summed E-state index contributed by atoms with van der Waals surface area (Å²) in [5, 5.41) is 3.55. The van der Waals surface area contributed by atoms with E-state index >= 15 is 0 Å². The first-order valence-electron chi connectivity index (χ1n) is 7.76. The fourth-order valence-electron chi connectivity index (χ4n) is 2.82. The van der Waals surface area contributed by atoms with E-state index in [0.29, 0.717) is 6.61 Å². The van der Waals surface area contributed by atoms with Gasteiger partial charge in [-0.1, -0.05) is 32.9 Å². The van der Waals surface area contributed by atoms with Crippen LogP contribution in [0.15, 0.2) is 24.3 Å². The first-order chi connectivity index (χ1) is 9.63. The molecule has 1 atom stereocenters. The molecule has 0 fully saturated rings. The Morgan fingerprint density at radius 3 is 2.40 bits per heavy atom. The number of halogens is 1. The summed E-state index contributed by atoms with van der Waals surface area (Å²) in [6.45, 7) is 9.99.